The highest BCUT2D eigenvalue weighted by molar-refractivity contribution is 5.99. The number of hydrogen-bond donors (Lipinski definition) is 0. The first-order chi connectivity index (χ1) is 17.6. The summed E-state index contributed by atoms with van der Waals surface area (Å²) in [5, 5.41) is 3.99. The van der Waals surface area contributed by atoms with Gasteiger partial charge in [-0.1, -0.05) is 13.0 Å². The molecule has 2 aromatic heterocycles. The van der Waals surface area contributed by atoms with E-state index < -0.39 is 18.4 Å². The van der Waals surface area contributed by atoms with Crippen molar-refractivity contribution in [2.24, 2.45) is 7.05 Å². The van der Waals surface area contributed by atoms with E-state index in [1.54, 1.807) is 24.2 Å². The third-order valence-corrected chi connectivity index (χ3v) is 7.08. The second kappa shape index (κ2) is 10.9. The number of pyridine rings is 1. The van der Waals surface area contributed by atoms with E-state index in [-0.39, 0.29) is 17.4 Å². The highest BCUT2D eigenvalue weighted by atomic mass is 19.3. The van der Waals surface area contributed by atoms with E-state index in [0.717, 1.165) is 24.2 Å². The van der Waals surface area contributed by atoms with Gasteiger partial charge in [-0.25, -0.2) is 13.8 Å². The van der Waals surface area contributed by atoms with Gasteiger partial charge in [0, 0.05) is 43.7 Å². The molecule has 0 N–H and O–H groups in total. The van der Waals surface area contributed by atoms with Gasteiger partial charge in [-0.15, -0.1) is 0 Å². The van der Waals surface area contributed by atoms with Crippen LogP contribution in [0.15, 0.2) is 30.6 Å². The van der Waals surface area contributed by atoms with Gasteiger partial charge in [-0.05, 0) is 67.7 Å². The zero-order valence-electron chi connectivity index (χ0n) is 21.8. The fourth-order valence-corrected chi connectivity index (χ4v) is 4.78. The highest BCUT2D eigenvalue weighted by Crippen LogP contribution is 2.38. The summed E-state index contributed by atoms with van der Waals surface area (Å²) in [6.45, 7) is 5.93. The summed E-state index contributed by atoms with van der Waals surface area (Å²) < 4.78 is 48.1. The first-order valence-electron chi connectivity index (χ1n) is 12.3. The number of halogens is 3. The Bertz CT molecular complexity index is 1290. The third-order valence-electron chi connectivity index (χ3n) is 7.08. The molecule has 0 bridgehead atoms. The van der Waals surface area contributed by atoms with Gasteiger partial charge in [0.05, 0.1) is 13.2 Å². The predicted octanol–water partition coefficient (Wildman–Crippen LogP) is 4.82. The minimum Gasteiger partial charge on any atom is -0.492 e. The fourth-order valence-electron chi connectivity index (χ4n) is 4.78. The lowest BCUT2D eigenvalue weighted by atomic mass is 9.87. The number of methoxy groups -OCH3 is 1. The lowest BCUT2D eigenvalue weighted by molar-refractivity contribution is 0.0672. The molecule has 7 nitrogen and oxygen atoms in total. The van der Waals surface area contributed by atoms with Crippen molar-refractivity contribution in [1.29, 1.82) is 0 Å². The second-order valence-corrected chi connectivity index (χ2v) is 9.40. The van der Waals surface area contributed by atoms with Gasteiger partial charge >= 0.3 is 0 Å². The van der Waals surface area contributed by atoms with E-state index in [9.17, 15) is 18.0 Å². The molecule has 0 radical (unpaired) electrons. The number of carbonyl (C=O) groups excluding carboxylic acids is 1. The molecule has 1 aliphatic rings. The molecule has 1 atom stereocenters. The Morgan fingerprint density at radius 3 is 2.59 bits per heavy atom. The Morgan fingerprint density at radius 2 is 1.92 bits per heavy atom. The molecule has 0 saturated heterocycles. The minimum absolute atomic E-state index is 0.00920. The van der Waals surface area contributed by atoms with Crippen molar-refractivity contribution in [2.45, 2.75) is 39.2 Å². The van der Waals surface area contributed by atoms with Crippen LogP contribution in [0.4, 0.5) is 13.2 Å². The average molecular weight is 516 g/mol. The Labute approximate surface area is 214 Å². The molecule has 4 rings (SSSR count). The summed E-state index contributed by atoms with van der Waals surface area (Å²) in [4.78, 5) is 21.5. The monoisotopic (exact) mass is 515 g/mol. The smallest absolute Gasteiger partial charge is 0.282 e. The predicted molar refractivity (Wildman–Crippen MR) is 134 cm³/mol. The molecule has 1 aromatic carbocycles. The van der Waals surface area contributed by atoms with E-state index in [4.69, 9.17) is 4.74 Å². The summed E-state index contributed by atoms with van der Waals surface area (Å²) in [6.07, 6.45) is 1.40. The van der Waals surface area contributed by atoms with Crippen LogP contribution in [0.2, 0.25) is 0 Å². The minimum atomic E-state index is -2.74. The van der Waals surface area contributed by atoms with Crippen LogP contribution in [-0.2, 0) is 19.9 Å². The van der Waals surface area contributed by atoms with Crippen molar-refractivity contribution in [1.82, 2.24) is 24.6 Å². The molecule has 198 valence electrons. The second-order valence-electron chi connectivity index (χ2n) is 9.40. The van der Waals surface area contributed by atoms with E-state index in [1.165, 1.54) is 18.0 Å². The molecule has 0 saturated carbocycles. The number of fused-ring (bicyclic) bond motifs is 1. The van der Waals surface area contributed by atoms with Gasteiger partial charge in [0.1, 0.15) is 5.69 Å². The number of ether oxygens (including phenoxy) is 1. The van der Waals surface area contributed by atoms with E-state index in [0.29, 0.717) is 41.6 Å². The number of alkyl halides is 2. The fraction of sp³-hybridized carbons (Fsp3) is 0.444. The molecule has 0 spiro atoms. The summed E-state index contributed by atoms with van der Waals surface area (Å²) in [5.74, 6) is -0.909. The summed E-state index contributed by atoms with van der Waals surface area (Å²) >= 11 is 0. The van der Waals surface area contributed by atoms with E-state index in [2.05, 4.69) is 21.9 Å². The number of amides is 1. The maximum Gasteiger partial charge on any atom is 0.282 e. The number of aryl methyl sites for hydroxylation is 1. The molecule has 37 heavy (non-hydrogen) atoms. The lowest BCUT2D eigenvalue weighted by Gasteiger charge is -2.35. The normalized spacial score (nSPS) is 14.4. The van der Waals surface area contributed by atoms with Gasteiger partial charge < -0.3 is 14.5 Å². The molecule has 0 fully saturated rings. The van der Waals surface area contributed by atoms with E-state index >= 15 is 0 Å². The van der Waals surface area contributed by atoms with E-state index in [1.807, 2.05) is 26.1 Å². The first kappa shape index (κ1) is 26.7. The van der Waals surface area contributed by atoms with Crippen LogP contribution >= 0.6 is 0 Å². The summed E-state index contributed by atoms with van der Waals surface area (Å²) in [5.41, 5.74) is 3.46. The molecule has 0 aliphatic carbocycles. The maximum atomic E-state index is 13.9. The number of likely N-dealkylation sites (N-methyl/N-ethyl adjacent to an activating group) is 1. The topological polar surface area (TPSA) is 63.5 Å². The molecule has 3 aromatic rings. The summed E-state index contributed by atoms with van der Waals surface area (Å²) in [6, 6.07) is 4.96. The van der Waals surface area contributed by atoms with Crippen LogP contribution < -0.4 is 4.74 Å². The van der Waals surface area contributed by atoms with Gasteiger partial charge in [-0.2, -0.15) is 9.49 Å². The Balaban J connectivity index is 1.77. The largest absolute Gasteiger partial charge is 0.492 e. The Hall–Kier alpha value is -3.40. The standard InChI is InChI=1S/C27H32F3N5O2/c1-6-33(3)9-7-17-11-20(22-15-34(4)32-24(22)25(28)29)19-8-10-35(27(36)21(19)12-17)16(2)18-13-23(37-5)26(30)31-14-18/h11-16,25H,6-10H2,1-5H3. The van der Waals surface area contributed by atoms with Gasteiger partial charge in [0.15, 0.2) is 5.75 Å². The molecule has 10 heteroatoms. The van der Waals surface area contributed by atoms with Crippen molar-refractivity contribution in [3.05, 3.63) is 64.5 Å². The maximum absolute atomic E-state index is 13.9. The molecule has 1 aliphatic heterocycles. The van der Waals surface area contributed by atoms with Crippen molar-refractivity contribution in [2.75, 3.05) is 33.8 Å². The number of benzene rings is 1. The molecule has 1 amide bonds. The molecule has 3 heterocycles. The van der Waals surface area contributed by atoms with Crippen LogP contribution in [0, 0.1) is 5.95 Å². The van der Waals surface area contributed by atoms with Crippen LogP contribution in [0.5, 0.6) is 5.75 Å². The number of rotatable bonds is 9. The zero-order chi connectivity index (χ0) is 26.9. The molecular weight excluding hydrogens is 483 g/mol. The van der Waals surface area contributed by atoms with Crippen molar-refractivity contribution in [3.63, 3.8) is 0 Å². The van der Waals surface area contributed by atoms with Crippen LogP contribution in [0.3, 0.4) is 0 Å². The van der Waals surface area contributed by atoms with Crippen LogP contribution in [0.1, 0.15) is 59.1 Å². The third kappa shape index (κ3) is 5.34. The average Bonchev–Trinajstić information content (AvgIpc) is 3.29. The SMILES string of the molecule is CCN(C)CCc1cc2c(c(-c3cn(C)nc3C(F)F)c1)CCN(C(C)c1cnc(F)c(OC)c1)C2=O. The quantitative estimate of drug-likeness (QED) is 0.383. The highest BCUT2D eigenvalue weighted by Gasteiger charge is 2.32. The number of nitrogens with zero attached hydrogens (tertiary/aromatic N) is 5. The van der Waals surface area contributed by atoms with Crippen molar-refractivity contribution in [3.8, 4) is 16.9 Å². The molecule has 1 unspecified atom stereocenters. The number of carbonyl (C=O) groups is 1. The Kier molecular flexibility index (Phi) is 7.87. The zero-order valence-corrected chi connectivity index (χ0v) is 21.8. The first-order valence-corrected chi connectivity index (χ1v) is 12.3. The van der Waals surface area contributed by atoms with Crippen molar-refractivity contribution < 1.29 is 22.7 Å². The number of hydrogen-bond acceptors (Lipinski definition) is 5. The lowest BCUT2D eigenvalue weighted by Crippen LogP contribution is -2.39. The van der Waals surface area contributed by atoms with Crippen LogP contribution in [0.25, 0.3) is 11.1 Å². The van der Waals surface area contributed by atoms with Gasteiger partial charge in [-0.3, -0.25) is 9.48 Å². The van der Waals surface area contributed by atoms with Gasteiger partial charge in [0.25, 0.3) is 18.3 Å². The molecular formula is C27H32F3N5O2. The van der Waals surface area contributed by atoms with Crippen molar-refractivity contribution >= 4 is 5.91 Å². The van der Waals surface area contributed by atoms with Gasteiger partial charge in [0.2, 0.25) is 0 Å². The van der Waals surface area contributed by atoms with Crippen LogP contribution in [-0.4, -0.2) is 64.3 Å². The summed E-state index contributed by atoms with van der Waals surface area (Å²) in [7, 11) is 4.98. The Morgan fingerprint density at radius 1 is 1.19 bits per heavy atom. The number of aromatic nitrogens is 3.